The Balaban J connectivity index is 1.54. The first-order chi connectivity index (χ1) is 16.6. The molecule has 4 heterocycles. The summed E-state index contributed by atoms with van der Waals surface area (Å²) in [6.45, 7) is 4.40. The predicted octanol–water partition coefficient (Wildman–Crippen LogP) is 5.27. The van der Waals surface area contributed by atoms with Gasteiger partial charge >= 0.3 is 5.97 Å². The van der Waals surface area contributed by atoms with Gasteiger partial charge in [0.1, 0.15) is 17.6 Å². The van der Waals surface area contributed by atoms with E-state index in [0.717, 1.165) is 47.6 Å². The summed E-state index contributed by atoms with van der Waals surface area (Å²) in [5, 5.41) is 0.962. The Hall–Kier alpha value is -3.12. The zero-order valence-corrected chi connectivity index (χ0v) is 20.1. The van der Waals surface area contributed by atoms with Gasteiger partial charge in [-0.05, 0) is 79.8 Å². The van der Waals surface area contributed by atoms with Crippen LogP contribution in [-0.2, 0) is 4.74 Å². The Bertz CT molecular complexity index is 1160. The van der Waals surface area contributed by atoms with Crippen molar-refractivity contribution in [2.24, 2.45) is 11.8 Å². The van der Waals surface area contributed by atoms with Gasteiger partial charge in [0.05, 0.1) is 31.3 Å². The van der Waals surface area contributed by atoms with Gasteiger partial charge in [-0.25, -0.2) is 4.79 Å². The molecule has 6 rings (SSSR count). The van der Waals surface area contributed by atoms with Crippen molar-refractivity contribution in [3.63, 3.8) is 0 Å². The van der Waals surface area contributed by atoms with E-state index in [2.05, 4.69) is 16.8 Å². The molecule has 3 aliphatic rings. The van der Waals surface area contributed by atoms with Crippen LogP contribution in [0.4, 0.5) is 0 Å². The molecule has 2 bridgehead atoms. The predicted molar refractivity (Wildman–Crippen MR) is 131 cm³/mol. The molecule has 178 valence electrons. The average Bonchev–Trinajstić information content (AvgIpc) is 2.91. The van der Waals surface area contributed by atoms with Crippen LogP contribution in [0.1, 0.15) is 48.2 Å². The van der Waals surface area contributed by atoms with E-state index in [1.54, 1.807) is 38.5 Å². The molecule has 6 heteroatoms. The molecule has 0 radical (unpaired) electrons. The normalized spacial score (nSPS) is 24.6. The SMILES string of the molecule is CC[C@H]1CN2CC[C@H]1C[C@@H]2[C@@H](OC(=O)c1ccc(OC)cc1)c1ccnc2ccc(OC)cc12. The van der Waals surface area contributed by atoms with E-state index in [1.807, 2.05) is 30.5 Å². The quantitative estimate of drug-likeness (QED) is 0.448. The Labute approximate surface area is 200 Å². The van der Waals surface area contributed by atoms with E-state index >= 15 is 0 Å². The lowest BCUT2D eigenvalue weighted by Gasteiger charge is -2.51. The van der Waals surface area contributed by atoms with Gasteiger partial charge in [0.15, 0.2) is 0 Å². The number of nitrogens with zero attached hydrogens (tertiary/aromatic N) is 2. The lowest BCUT2D eigenvalue weighted by atomic mass is 9.72. The monoisotopic (exact) mass is 460 g/mol. The summed E-state index contributed by atoms with van der Waals surface area (Å²) >= 11 is 0. The second-order valence-corrected chi connectivity index (χ2v) is 9.35. The number of rotatable bonds is 7. The van der Waals surface area contributed by atoms with Crippen LogP contribution in [0, 0.1) is 11.8 Å². The maximum atomic E-state index is 13.3. The first kappa shape index (κ1) is 22.7. The summed E-state index contributed by atoms with van der Waals surface area (Å²) < 4.78 is 17.1. The molecular weight excluding hydrogens is 428 g/mol. The Morgan fingerprint density at radius 3 is 2.53 bits per heavy atom. The van der Waals surface area contributed by atoms with E-state index < -0.39 is 6.10 Å². The molecule has 3 aliphatic heterocycles. The first-order valence-electron chi connectivity index (χ1n) is 12.1. The largest absolute Gasteiger partial charge is 0.497 e. The summed E-state index contributed by atoms with van der Waals surface area (Å²) in [5.74, 6) is 2.54. The molecule has 1 aromatic heterocycles. The molecule has 0 spiro atoms. The lowest BCUT2D eigenvalue weighted by molar-refractivity contribution is -0.0659. The van der Waals surface area contributed by atoms with Gasteiger partial charge in [-0.3, -0.25) is 9.88 Å². The second kappa shape index (κ2) is 9.63. The van der Waals surface area contributed by atoms with E-state index in [4.69, 9.17) is 14.2 Å². The molecule has 3 fully saturated rings. The lowest BCUT2D eigenvalue weighted by Crippen LogP contribution is -2.55. The zero-order chi connectivity index (χ0) is 23.7. The highest BCUT2D eigenvalue weighted by atomic mass is 16.5. The number of benzene rings is 2. The van der Waals surface area contributed by atoms with Crippen LogP contribution in [0.5, 0.6) is 11.5 Å². The Morgan fingerprint density at radius 2 is 1.85 bits per heavy atom. The topological polar surface area (TPSA) is 60.9 Å². The number of carbonyl (C=O) groups excluding carboxylic acids is 1. The van der Waals surface area contributed by atoms with Crippen LogP contribution in [0.25, 0.3) is 10.9 Å². The minimum atomic E-state index is -0.396. The summed E-state index contributed by atoms with van der Waals surface area (Å²) in [7, 11) is 3.28. The summed E-state index contributed by atoms with van der Waals surface area (Å²) in [6.07, 6.45) is 4.86. The van der Waals surface area contributed by atoms with Crippen molar-refractivity contribution < 1.29 is 19.0 Å². The number of fused-ring (bicyclic) bond motifs is 4. The molecule has 3 aromatic rings. The van der Waals surface area contributed by atoms with Crippen LogP contribution in [0.3, 0.4) is 0 Å². The molecule has 0 N–H and O–H groups in total. The van der Waals surface area contributed by atoms with E-state index in [0.29, 0.717) is 17.2 Å². The summed E-state index contributed by atoms with van der Waals surface area (Å²) in [5.41, 5.74) is 2.37. The molecule has 0 aliphatic carbocycles. The first-order valence-corrected chi connectivity index (χ1v) is 12.1. The van der Waals surface area contributed by atoms with Crippen molar-refractivity contribution in [2.75, 3.05) is 27.3 Å². The van der Waals surface area contributed by atoms with Gasteiger partial charge < -0.3 is 14.2 Å². The number of hydrogen-bond acceptors (Lipinski definition) is 6. The van der Waals surface area contributed by atoms with E-state index in [9.17, 15) is 4.79 Å². The smallest absolute Gasteiger partial charge is 0.338 e. The maximum absolute atomic E-state index is 13.3. The standard InChI is InChI=1S/C28H32N2O4/c1-4-18-17-30-14-12-20(18)15-26(30)27(34-28(31)19-5-7-21(32-2)8-6-19)23-11-13-29-25-10-9-22(33-3)16-24(23)25/h5-11,13,16,18,20,26-27H,4,12,14-15,17H2,1-3H3/t18-,20-,26+,27-/m0/s1. The molecule has 6 nitrogen and oxygen atoms in total. The van der Waals surface area contributed by atoms with Crippen molar-refractivity contribution in [1.82, 2.24) is 9.88 Å². The Kier molecular flexibility index (Phi) is 6.42. The number of esters is 1. The summed E-state index contributed by atoms with van der Waals surface area (Å²) in [4.78, 5) is 20.4. The number of ether oxygens (including phenoxy) is 3. The molecule has 0 saturated carbocycles. The van der Waals surface area contributed by atoms with Crippen LogP contribution in [0.2, 0.25) is 0 Å². The minimum Gasteiger partial charge on any atom is -0.497 e. The van der Waals surface area contributed by atoms with Gasteiger partial charge in [0.2, 0.25) is 0 Å². The summed E-state index contributed by atoms with van der Waals surface area (Å²) in [6, 6.07) is 15.1. The van der Waals surface area contributed by atoms with Crippen molar-refractivity contribution in [3.05, 3.63) is 65.9 Å². The fraction of sp³-hybridized carbons (Fsp3) is 0.429. The molecule has 0 amide bonds. The fourth-order valence-corrected chi connectivity index (χ4v) is 5.74. The van der Waals surface area contributed by atoms with Crippen LogP contribution < -0.4 is 9.47 Å². The van der Waals surface area contributed by atoms with E-state index in [1.165, 1.54) is 12.8 Å². The molecule has 34 heavy (non-hydrogen) atoms. The second-order valence-electron chi connectivity index (χ2n) is 9.35. The fourth-order valence-electron chi connectivity index (χ4n) is 5.74. The van der Waals surface area contributed by atoms with E-state index in [-0.39, 0.29) is 12.0 Å². The van der Waals surface area contributed by atoms with Gasteiger partial charge in [0, 0.05) is 23.7 Å². The van der Waals surface area contributed by atoms with Crippen molar-refractivity contribution in [1.29, 1.82) is 0 Å². The molecule has 5 atom stereocenters. The van der Waals surface area contributed by atoms with Crippen molar-refractivity contribution >= 4 is 16.9 Å². The van der Waals surface area contributed by atoms with Gasteiger partial charge in [-0.2, -0.15) is 0 Å². The third kappa shape index (κ3) is 4.23. The number of carbonyl (C=O) groups is 1. The molecule has 3 saturated heterocycles. The molecule has 1 unspecified atom stereocenters. The highest BCUT2D eigenvalue weighted by molar-refractivity contribution is 5.90. The number of hydrogen-bond donors (Lipinski definition) is 0. The number of aromatic nitrogens is 1. The van der Waals surface area contributed by atoms with Crippen LogP contribution in [0.15, 0.2) is 54.7 Å². The van der Waals surface area contributed by atoms with Gasteiger partial charge in [-0.1, -0.05) is 13.3 Å². The van der Waals surface area contributed by atoms with Gasteiger partial charge in [0.25, 0.3) is 0 Å². The van der Waals surface area contributed by atoms with Gasteiger partial charge in [-0.15, -0.1) is 0 Å². The molecule has 2 aromatic carbocycles. The number of pyridine rings is 1. The Morgan fingerprint density at radius 1 is 1.09 bits per heavy atom. The molecular formula is C28H32N2O4. The third-order valence-electron chi connectivity index (χ3n) is 7.66. The zero-order valence-electron chi connectivity index (χ0n) is 20.1. The van der Waals surface area contributed by atoms with Crippen molar-refractivity contribution in [3.8, 4) is 11.5 Å². The van der Waals surface area contributed by atoms with Crippen molar-refractivity contribution in [2.45, 2.75) is 38.3 Å². The maximum Gasteiger partial charge on any atom is 0.338 e. The van der Waals surface area contributed by atoms with Crippen LogP contribution in [-0.4, -0.2) is 49.2 Å². The number of methoxy groups -OCH3 is 2. The highest BCUT2D eigenvalue weighted by Crippen LogP contribution is 2.44. The minimum absolute atomic E-state index is 0.139. The number of piperidine rings is 3. The average molecular weight is 461 g/mol. The third-order valence-corrected chi connectivity index (χ3v) is 7.66. The highest BCUT2D eigenvalue weighted by Gasteiger charge is 2.44. The van der Waals surface area contributed by atoms with Crippen LogP contribution >= 0.6 is 0 Å².